The summed E-state index contributed by atoms with van der Waals surface area (Å²) in [4.78, 5) is 67.5. The molecule has 0 bridgehead atoms. The van der Waals surface area contributed by atoms with E-state index in [1.165, 1.54) is 19.4 Å². The van der Waals surface area contributed by atoms with Crippen LogP contribution < -0.4 is 27.4 Å². The van der Waals surface area contributed by atoms with Crippen molar-refractivity contribution in [1.82, 2.24) is 25.9 Å². The number of aromatic amines is 1. The van der Waals surface area contributed by atoms with Gasteiger partial charge in [-0.15, -0.1) is 0 Å². The molecule has 0 aromatic carbocycles. The maximum atomic E-state index is 13.0. The molecule has 0 saturated carbocycles. The number of rotatable bonds is 17. The average Bonchev–Trinajstić information content (AvgIpc) is 3.32. The Bertz CT molecular complexity index is 878. The maximum absolute atomic E-state index is 13.0. The van der Waals surface area contributed by atoms with E-state index >= 15 is 0 Å². The number of H-pyrrole nitrogens is 1. The van der Waals surface area contributed by atoms with E-state index < -0.39 is 66.4 Å². The number of carbonyl (C=O) groups excluding carboxylic acids is 3. The van der Waals surface area contributed by atoms with Crippen molar-refractivity contribution in [3.05, 3.63) is 18.2 Å². The number of carboxylic acid groups (broad SMARTS) is 2. The molecule has 15 heteroatoms. The largest absolute Gasteiger partial charge is 0.481 e. The van der Waals surface area contributed by atoms with Crippen LogP contribution in [0.15, 0.2) is 12.5 Å². The number of nitrogens with one attached hydrogen (secondary N) is 4. The van der Waals surface area contributed by atoms with Crippen molar-refractivity contribution in [2.24, 2.45) is 11.5 Å². The van der Waals surface area contributed by atoms with Crippen molar-refractivity contribution in [2.75, 3.05) is 6.54 Å². The van der Waals surface area contributed by atoms with Gasteiger partial charge in [-0.2, -0.15) is 0 Å². The zero-order valence-electron chi connectivity index (χ0n) is 20.0. The third kappa shape index (κ3) is 10.8. The number of unbranched alkanes of at least 4 members (excludes halogenated alkanes) is 1. The monoisotopic (exact) mass is 513 g/mol. The third-order valence-electron chi connectivity index (χ3n) is 5.28. The minimum absolute atomic E-state index is 0.0977. The Labute approximate surface area is 207 Å². The summed E-state index contributed by atoms with van der Waals surface area (Å²) in [6.07, 6.45) is 1.76. The molecule has 11 N–H and O–H groups in total. The minimum atomic E-state index is -1.39. The standard InChI is InChI=1S/C21H35N7O8/c1-11(29)17(23)20(34)26-13(5-6-16(30)31)18(32)28-15(8-12-9-24-10-25-12)19(33)27-14(21(35)36)4-2-3-7-22/h9-11,13-15,17,29H,2-8,22-23H2,1H3,(H,24,25)(H,26,34)(H,27,33)(H,28,32)(H,30,31)(H,35,36). The summed E-state index contributed by atoms with van der Waals surface area (Å²) in [5.74, 6) is -5.07. The zero-order chi connectivity index (χ0) is 27.3. The van der Waals surface area contributed by atoms with Gasteiger partial charge in [0, 0.05) is 24.7 Å². The first-order chi connectivity index (χ1) is 17.0. The van der Waals surface area contributed by atoms with Crippen molar-refractivity contribution in [1.29, 1.82) is 0 Å². The molecule has 1 aromatic heterocycles. The van der Waals surface area contributed by atoms with Gasteiger partial charge in [-0.05, 0) is 39.2 Å². The van der Waals surface area contributed by atoms with Crippen LogP contribution in [-0.4, -0.2) is 91.8 Å². The second kappa shape index (κ2) is 15.4. The van der Waals surface area contributed by atoms with Crippen LogP contribution in [0.5, 0.6) is 0 Å². The molecule has 0 aliphatic rings. The number of hydrogen-bond acceptors (Lipinski definition) is 9. The molecule has 36 heavy (non-hydrogen) atoms. The molecule has 202 valence electrons. The molecular weight excluding hydrogens is 478 g/mol. The second-order valence-electron chi connectivity index (χ2n) is 8.29. The fraction of sp³-hybridized carbons (Fsp3) is 0.619. The van der Waals surface area contributed by atoms with E-state index in [1.807, 2.05) is 0 Å². The van der Waals surface area contributed by atoms with E-state index in [-0.39, 0.29) is 19.3 Å². The van der Waals surface area contributed by atoms with Crippen molar-refractivity contribution < 1.29 is 39.3 Å². The van der Waals surface area contributed by atoms with Crippen LogP contribution in [0.2, 0.25) is 0 Å². The molecule has 5 atom stereocenters. The quantitative estimate of drug-likeness (QED) is 0.0960. The molecule has 1 rings (SSSR count). The van der Waals surface area contributed by atoms with Gasteiger partial charge >= 0.3 is 11.9 Å². The highest BCUT2D eigenvalue weighted by Gasteiger charge is 2.31. The highest BCUT2D eigenvalue weighted by molar-refractivity contribution is 5.94. The van der Waals surface area contributed by atoms with Crippen LogP contribution in [0.3, 0.4) is 0 Å². The summed E-state index contributed by atoms with van der Waals surface area (Å²) in [5, 5.41) is 35.1. The van der Waals surface area contributed by atoms with Crippen LogP contribution in [0.25, 0.3) is 0 Å². The van der Waals surface area contributed by atoms with Gasteiger partial charge in [0.25, 0.3) is 0 Å². The molecule has 5 unspecified atom stereocenters. The van der Waals surface area contributed by atoms with Crippen LogP contribution >= 0.6 is 0 Å². The van der Waals surface area contributed by atoms with E-state index in [2.05, 4.69) is 25.9 Å². The molecular formula is C21H35N7O8. The Morgan fingerprint density at radius 1 is 0.972 bits per heavy atom. The topological polar surface area (TPSA) is 263 Å². The van der Waals surface area contributed by atoms with Gasteiger partial charge in [-0.1, -0.05) is 0 Å². The smallest absolute Gasteiger partial charge is 0.326 e. The number of hydrogen-bond donors (Lipinski definition) is 9. The predicted molar refractivity (Wildman–Crippen MR) is 125 cm³/mol. The lowest BCUT2D eigenvalue weighted by Crippen LogP contribution is -2.58. The first kappa shape index (κ1) is 30.5. The Morgan fingerprint density at radius 3 is 2.11 bits per heavy atom. The van der Waals surface area contributed by atoms with E-state index in [0.717, 1.165) is 0 Å². The first-order valence-electron chi connectivity index (χ1n) is 11.4. The molecule has 15 nitrogen and oxygen atoms in total. The molecule has 0 aliphatic heterocycles. The van der Waals surface area contributed by atoms with Gasteiger partial charge in [0.2, 0.25) is 17.7 Å². The summed E-state index contributed by atoms with van der Waals surface area (Å²) in [5.41, 5.74) is 11.5. The van der Waals surface area contributed by atoms with E-state index in [9.17, 15) is 34.2 Å². The second-order valence-corrected chi connectivity index (χ2v) is 8.29. The fourth-order valence-electron chi connectivity index (χ4n) is 3.14. The molecule has 0 radical (unpaired) electrons. The maximum Gasteiger partial charge on any atom is 0.326 e. The molecule has 1 heterocycles. The van der Waals surface area contributed by atoms with Gasteiger partial charge < -0.3 is 47.7 Å². The van der Waals surface area contributed by atoms with Crippen LogP contribution in [0, 0.1) is 0 Å². The number of amides is 3. The van der Waals surface area contributed by atoms with Crippen LogP contribution in [0.4, 0.5) is 0 Å². The normalized spacial score (nSPS) is 15.1. The van der Waals surface area contributed by atoms with Crippen molar-refractivity contribution in [3.63, 3.8) is 0 Å². The lowest BCUT2D eigenvalue weighted by molar-refractivity contribution is -0.142. The van der Waals surface area contributed by atoms with Crippen LogP contribution in [-0.2, 0) is 30.4 Å². The fourth-order valence-corrected chi connectivity index (χ4v) is 3.14. The first-order valence-corrected chi connectivity index (χ1v) is 11.4. The number of aliphatic hydroxyl groups excluding tert-OH is 1. The minimum Gasteiger partial charge on any atom is -0.481 e. The number of aliphatic carboxylic acids is 2. The molecule has 1 aromatic rings. The highest BCUT2D eigenvalue weighted by Crippen LogP contribution is 2.06. The Balaban J connectivity index is 3.06. The number of nitrogens with zero attached hydrogens (tertiary/aromatic N) is 1. The van der Waals surface area contributed by atoms with Crippen molar-refractivity contribution >= 4 is 29.7 Å². The predicted octanol–water partition coefficient (Wildman–Crippen LogP) is -2.81. The number of carbonyl (C=O) groups is 5. The van der Waals surface area contributed by atoms with E-state index in [4.69, 9.17) is 16.6 Å². The van der Waals surface area contributed by atoms with Gasteiger partial charge in [0.15, 0.2) is 0 Å². The summed E-state index contributed by atoms with van der Waals surface area (Å²) >= 11 is 0. The number of aromatic nitrogens is 2. The number of nitrogens with two attached hydrogens (primary N) is 2. The SMILES string of the molecule is CC(O)C(N)C(=O)NC(CCC(=O)O)C(=O)NC(Cc1cnc[nH]1)C(=O)NC(CCCCN)C(=O)O. The summed E-state index contributed by atoms with van der Waals surface area (Å²) in [6, 6.07) is -5.28. The summed E-state index contributed by atoms with van der Waals surface area (Å²) < 4.78 is 0. The van der Waals surface area contributed by atoms with E-state index in [1.54, 1.807) is 0 Å². The van der Waals surface area contributed by atoms with Gasteiger partial charge in [-0.25, -0.2) is 9.78 Å². The van der Waals surface area contributed by atoms with Gasteiger partial charge in [0.1, 0.15) is 24.2 Å². The van der Waals surface area contributed by atoms with Gasteiger partial charge in [0.05, 0.1) is 12.4 Å². The van der Waals surface area contributed by atoms with Crippen molar-refractivity contribution in [3.8, 4) is 0 Å². The molecule has 0 saturated heterocycles. The average molecular weight is 514 g/mol. The number of aliphatic hydroxyl groups is 1. The molecule has 3 amide bonds. The number of imidazole rings is 1. The Hall–Kier alpha value is -3.56. The molecule has 0 fully saturated rings. The Kier molecular flexibility index (Phi) is 13.1. The molecule has 0 spiro atoms. The van der Waals surface area contributed by atoms with Crippen LogP contribution in [0.1, 0.15) is 44.7 Å². The Morgan fingerprint density at radius 2 is 1.58 bits per heavy atom. The lowest BCUT2D eigenvalue weighted by atomic mass is 10.1. The summed E-state index contributed by atoms with van der Waals surface area (Å²) in [6.45, 7) is 1.63. The van der Waals surface area contributed by atoms with E-state index in [0.29, 0.717) is 25.1 Å². The highest BCUT2D eigenvalue weighted by atomic mass is 16.4. The van der Waals surface area contributed by atoms with Crippen molar-refractivity contribution in [2.45, 2.75) is 75.7 Å². The third-order valence-corrected chi connectivity index (χ3v) is 5.28. The molecule has 0 aliphatic carbocycles. The zero-order valence-corrected chi connectivity index (χ0v) is 20.0. The number of carboxylic acids is 2. The summed E-state index contributed by atoms with van der Waals surface area (Å²) in [7, 11) is 0. The lowest BCUT2D eigenvalue weighted by Gasteiger charge is -2.25. The van der Waals surface area contributed by atoms with Gasteiger partial charge in [-0.3, -0.25) is 19.2 Å².